The van der Waals surface area contributed by atoms with E-state index in [1.165, 1.54) is 42.5 Å². The van der Waals surface area contributed by atoms with E-state index in [9.17, 15) is 23.2 Å². The minimum atomic E-state index is -5.08. The quantitative estimate of drug-likeness (QED) is 0.311. The van der Waals surface area contributed by atoms with Crippen LogP contribution in [0.15, 0.2) is 54.6 Å². The van der Waals surface area contributed by atoms with Crippen LogP contribution in [0.25, 0.3) is 0 Å². The van der Waals surface area contributed by atoms with E-state index in [1.807, 2.05) is 0 Å². The smallest absolute Gasteiger partial charge is 0.283 e. The molecule has 3 aromatic carbocycles. The summed E-state index contributed by atoms with van der Waals surface area (Å²) in [5, 5.41) is 20.2. The molecule has 152 valence electrons. The van der Waals surface area contributed by atoms with Gasteiger partial charge < -0.3 is 10.2 Å². The zero-order chi connectivity index (χ0) is 21.6. The summed E-state index contributed by atoms with van der Waals surface area (Å²) in [5.74, 6) is -0.974. The van der Waals surface area contributed by atoms with Gasteiger partial charge in [-0.2, -0.15) is 8.42 Å². The average molecular weight is 494 g/mol. The Balaban J connectivity index is 2.61. The van der Waals surface area contributed by atoms with E-state index in [0.29, 0.717) is 5.02 Å². The lowest BCUT2D eigenvalue weighted by molar-refractivity contribution is 0.440. The van der Waals surface area contributed by atoms with Crippen molar-refractivity contribution in [1.29, 1.82) is 0 Å². The zero-order valence-corrected chi connectivity index (χ0v) is 18.1. The van der Waals surface area contributed by atoms with Crippen molar-refractivity contribution in [3.05, 3.63) is 91.4 Å². The van der Waals surface area contributed by atoms with E-state index in [-0.39, 0.29) is 31.8 Å². The molecule has 1 atom stereocenters. The highest BCUT2D eigenvalue weighted by Crippen LogP contribution is 2.51. The highest BCUT2D eigenvalue weighted by atomic mass is 35.5. The molecule has 29 heavy (non-hydrogen) atoms. The maximum Gasteiger partial charge on any atom is 0.283 e. The molecule has 0 aliphatic carbocycles. The van der Waals surface area contributed by atoms with E-state index in [2.05, 4.69) is 0 Å². The predicted octanol–water partition coefficient (Wildman–Crippen LogP) is 5.89. The number of phenolic OH excluding ortho intramolecular Hbond substituents is 2. The third kappa shape index (κ3) is 3.65. The fourth-order valence-electron chi connectivity index (χ4n) is 3.17. The molecule has 0 bridgehead atoms. The summed E-state index contributed by atoms with van der Waals surface area (Å²) in [7, 11) is -5.08. The van der Waals surface area contributed by atoms with Crippen molar-refractivity contribution in [3.8, 4) is 11.5 Å². The van der Waals surface area contributed by atoms with Crippen LogP contribution in [-0.2, 0) is 14.9 Å². The lowest BCUT2D eigenvalue weighted by atomic mass is 9.83. The molecule has 3 rings (SSSR count). The molecule has 3 aromatic rings. The second-order valence-corrected chi connectivity index (χ2v) is 9.30. The van der Waals surface area contributed by atoms with Gasteiger partial charge in [-0.25, -0.2) is 0 Å². The number of hydrogen-bond donors (Lipinski definition) is 3. The molecule has 0 spiro atoms. The highest BCUT2D eigenvalue weighted by Gasteiger charge is 2.51. The lowest BCUT2D eigenvalue weighted by Gasteiger charge is -2.34. The fourth-order valence-corrected chi connectivity index (χ4v) is 5.32. The molecule has 0 aromatic heterocycles. The van der Waals surface area contributed by atoms with Gasteiger partial charge in [0.2, 0.25) is 0 Å². The summed E-state index contributed by atoms with van der Waals surface area (Å²) in [6, 6.07) is 11.7. The summed E-state index contributed by atoms with van der Waals surface area (Å²) in [6.45, 7) is 0. The topological polar surface area (TPSA) is 94.8 Å². The second-order valence-electron chi connectivity index (χ2n) is 6.08. The van der Waals surface area contributed by atoms with Crippen LogP contribution in [0.4, 0.5) is 0 Å². The van der Waals surface area contributed by atoms with Gasteiger partial charge in [-0.1, -0.05) is 70.7 Å². The van der Waals surface area contributed by atoms with Gasteiger partial charge in [-0.05, 0) is 29.8 Å². The molecular weight excluding hydrogens is 482 g/mol. The van der Waals surface area contributed by atoms with Crippen molar-refractivity contribution in [3.63, 3.8) is 0 Å². The van der Waals surface area contributed by atoms with Crippen molar-refractivity contribution in [2.45, 2.75) is 4.75 Å². The number of aromatic hydroxyl groups is 2. The number of halogens is 4. The van der Waals surface area contributed by atoms with Crippen LogP contribution in [0.5, 0.6) is 11.5 Å². The van der Waals surface area contributed by atoms with Crippen molar-refractivity contribution in [1.82, 2.24) is 0 Å². The fraction of sp³-hybridized carbons (Fsp3) is 0.0526. The maximum absolute atomic E-state index is 13.0. The summed E-state index contributed by atoms with van der Waals surface area (Å²) >= 11 is 24.3. The minimum Gasteiger partial charge on any atom is -0.506 e. The standard InChI is InChI=1S/C19H12Cl4O5S/c20-11-6-4-10(5-7-11)19(29(26,27)28,12-2-1-3-14(21)18(12)25)13-8-16(23)17(24)9-15(13)22/h1-9,24-25H,(H,26,27,28). The van der Waals surface area contributed by atoms with Crippen LogP contribution < -0.4 is 0 Å². The van der Waals surface area contributed by atoms with Gasteiger partial charge in [0.15, 0.2) is 4.75 Å². The van der Waals surface area contributed by atoms with Crippen molar-refractivity contribution in [2.75, 3.05) is 0 Å². The molecule has 0 aliphatic rings. The Labute approximate surface area is 186 Å². The summed E-state index contributed by atoms with van der Waals surface area (Å²) in [6.07, 6.45) is 0. The van der Waals surface area contributed by atoms with Crippen LogP contribution in [0.3, 0.4) is 0 Å². The molecule has 0 heterocycles. The van der Waals surface area contributed by atoms with E-state index >= 15 is 0 Å². The normalized spacial score (nSPS) is 13.8. The largest absolute Gasteiger partial charge is 0.506 e. The predicted molar refractivity (Wildman–Crippen MR) is 114 cm³/mol. The van der Waals surface area contributed by atoms with Crippen LogP contribution in [0.2, 0.25) is 20.1 Å². The number of hydrogen-bond acceptors (Lipinski definition) is 4. The zero-order valence-electron chi connectivity index (χ0n) is 14.3. The summed E-state index contributed by atoms with van der Waals surface area (Å²) < 4.78 is 34.0. The van der Waals surface area contributed by atoms with Gasteiger partial charge in [-0.15, -0.1) is 0 Å². The number of para-hydroxylation sites is 1. The molecule has 0 amide bonds. The van der Waals surface area contributed by atoms with Gasteiger partial charge in [0.05, 0.1) is 10.0 Å². The molecule has 1 unspecified atom stereocenters. The van der Waals surface area contributed by atoms with Gasteiger partial charge in [0, 0.05) is 27.2 Å². The van der Waals surface area contributed by atoms with Crippen LogP contribution >= 0.6 is 46.4 Å². The Morgan fingerprint density at radius 1 is 0.759 bits per heavy atom. The molecule has 5 nitrogen and oxygen atoms in total. The van der Waals surface area contributed by atoms with Crippen molar-refractivity contribution in [2.24, 2.45) is 0 Å². The Morgan fingerprint density at radius 3 is 1.97 bits per heavy atom. The molecule has 3 N–H and O–H groups in total. The van der Waals surface area contributed by atoms with Gasteiger partial charge in [0.25, 0.3) is 10.1 Å². The average Bonchev–Trinajstić information content (AvgIpc) is 2.63. The van der Waals surface area contributed by atoms with Crippen LogP contribution in [0, 0.1) is 0 Å². The molecule has 0 fully saturated rings. The van der Waals surface area contributed by atoms with E-state index in [1.54, 1.807) is 0 Å². The first-order valence-electron chi connectivity index (χ1n) is 7.89. The van der Waals surface area contributed by atoms with Gasteiger partial charge in [0.1, 0.15) is 11.5 Å². The molecule has 0 aliphatic heterocycles. The first-order chi connectivity index (χ1) is 13.5. The van der Waals surface area contributed by atoms with Crippen LogP contribution in [-0.4, -0.2) is 23.2 Å². The molecule has 10 heteroatoms. The van der Waals surface area contributed by atoms with Gasteiger partial charge in [-0.3, -0.25) is 4.55 Å². The van der Waals surface area contributed by atoms with Crippen molar-refractivity contribution >= 4 is 56.5 Å². The van der Waals surface area contributed by atoms with Crippen molar-refractivity contribution < 1.29 is 23.2 Å². The Morgan fingerprint density at radius 2 is 1.38 bits per heavy atom. The maximum atomic E-state index is 13.0. The Hall–Kier alpha value is -1.67. The van der Waals surface area contributed by atoms with E-state index in [4.69, 9.17) is 46.4 Å². The number of rotatable bonds is 4. The Kier molecular flexibility index (Phi) is 5.98. The first kappa shape index (κ1) is 22.0. The molecule has 0 saturated heterocycles. The van der Waals surface area contributed by atoms with Gasteiger partial charge >= 0.3 is 0 Å². The lowest BCUT2D eigenvalue weighted by Crippen LogP contribution is -2.38. The van der Waals surface area contributed by atoms with E-state index < -0.39 is 26.4 Å². The first-order valence-corrected chi connectivity index (χ1v) is 10.8. The third-order valence-electron chi connectivity index (χ3n) is 4.42. The number of benzene rings is 3. The third-order valence-corrected chi connectivity index (χ3v) is 7.04. The number of phenols is 2. The molecule has 0 saturated carbocycles. The van der Waals surface area contributed by atoms with Crippen LogP contribution in [0.1, 0.15) is 16.7 Å². The minimum absolute atomic E-state index is 0.00521. The molecular formula is C19H12Cl4O5S. The highest BCUT2D eigenvalue weighted by molar-refractivity contribution is 7.87. The molecule has 0 radical (unpaired) electrons. The Bertz CT molecular complexity index is 1200. The second kappa shape index (κ2) is 7.87. The van der Waals surface area contributed by atoms with E-state index in [0.717, 1.165) is 12.1 Å². The summed E-state index contributed by atoms with van der Waals surface area (Å²) in [5.41, 5.74) is -0.464. The SMILES string of the molecule is O=S(=O)(O)C(c1ccc(Cl)cc1)(c1cc(Cl)c(O)cc1Cl)c1cccc(Cl)c1O. The monoisotopic (exact) mass is 492 g/mol. The summed E-state index contributed by atoms with van der Waals surface area (Å²) in [4.78, 5) is 0.